The summed E-state index contributed by atoms with van der Waals surface area (Å²) >= 11 is 0. The standard InChI is InChI=1S/C15H18N2O/c1-2-18-17-11-10-16-15(17)14-9-5-7-12-6-3-4-8-13(12)14/h3-9,15-16H,2,10-11H2,1H3. The average Bonchev–Trinajstić information content (AvgIpc) is 2.87. The van der Waals surface area contributed by atoms with Crippen molar-refractivity contribution in [1.82, 2.24) is 10.4 Å². The van der Waals surface area contributed by atoms with Crippen LogP contribution in [0.5, 0.6) is 0 Å². The third-order valence-electron chi connectivity index (χ3n) is 3.37. The third-order valence-corrected chi connectivity index (χ3v) is 3.37. The fourth-order valence-corrected chi connectivity index (χ4v) is 2.60. The van der Waals surface area contributed by atoms with Crippen molar-refractivity contribution in [3.05, 3.63) is 48.0 Å². The van der Waals surface area contributed by atoms with E-state index in [1.165, 1.54) is 16.3 Å². The topological polar surface area (TPSA) is 24.5 Å². The number of fused-ring (bicyclic) bond motifs is 1. The zero-order chi connectivity index (χ0) is 12.4. The maximum atomic E-state index is 5.69. The fourth-order valence-electron chi connectivity index (χ4n) is 2.60. The minimum atomic E-state index is 0.163. The Morgan fingerprint density at radius 2 is 2.06 bits per heavy atom. The van der Waals surface area contributed by atoms with Crippen molar-refractivity contribution < 1.29 is 4.84 Å². The third kappa shape index (κ3) is 2.01. The predicted octanol–water partition coefficient (Wildman–Crippen LogP) is 2.70. The summed E-state index contributed by atoms with van der Waals surface area (Å²) in [6, 6.07) is 14.9. The monoisotopic (exact) mass is 242 g/mol. The molecule has 0 aromatic heterocycles. The van der Waals surface area contributed by atoms with Crippen LogP contribution in [0.3, 0.4) is 0 Å². The Hall–Kier alpha value is -1.42. The molecule has 0 aliphatic carbocycles. The molecule has 1 fully saturated rings. The quantitative estimate of drug-likeness (QED) is 0.895. The molecule has 1 unspecified atom stereocenters. The van der Waals surface area contributed by atoms with Gasteiger partial charge in [0.25, 0.3) is 0 Å². The van der Waals surface area contributed by atoms with E-state index in [-0.39, 0.29) is 6.17 Å². The van der Waals surface area contributed by atoms with Gasteiger partial charge in [-0.15, -0.1) is 0 Å². The average molecular weight is 242 g/mol. The molecule has 3 rings (SSSR count). The van der Waals surface area contributed by atoms with Gasteiger partial charge in [0.1, 0.15) is 6.17 Å². The Labute approximate surface area is 107 Å². The number of benzene rings is 2. The minimum absolute atomic E-state index is 0.163. The number of hydroxylamine groups is 2. The van der Waals surface area contributed by atoms with Gasteiger partial charge in [0.15, 0.2) is 0 Å². The molecule has 1 aliphatic rings. The zero-order valence-electron chi connectivity index (χ0n) is 10.6. The highest BCUT2D eigenvalue weighted by Gasteiger charge is 2.27. The Bertz CT molecular complexity index is 536. The van der Waals surface area contributed by atoms with Crippen molar-refractivity contribution >= 4 is 10.8 Å². The van der Waals surface area contributed by atoms with Crippen LogP contribution in [-0.4, -0.2) is 24.8 Å². The molecule has 0 spiro atoms. The first kappa shape index (κ1) is 11.7. The van der Waals surface area contributed by atoms with Crippen LogP contribution in [0, 0.1) is 0 Å². The lowest BCUT2D eigenvalue weighted by molar-refractivity contribution is -0.167. The summed E-state index contributed by atoms with van der Waals surface area (Å²) in [6.45, 7) is 4.64. The van der Waals surface area contributed by atoms with Gasteiger partial charge in [0.2, 0.25) is 0 Å². The van der Waals surface area contributed by atoms with Gasteiger partial charge in [-0.3, -0.25) is 10.2 Å². The molecular weight excluding hydrogens is 224 g/mol. The summed E-state index contributed by atoms with van der Waals surface area (Å²) in [5.74, 6) is 0. The number of hydrogen-bond donors (Lipinski definition) is 1. The number of nitrogens with zero attached hydrogens (tertiary/aromatic N) is 1. The molecule has 1 N–H and O–H groups in total. The van der Waals surface area contributed by atoms with Crippen LogP contribution in [0.15, 0.2) is 42.5 Å². The van der Waals surface area contributed by atoms with Crippen molar-refractivity contribution in [3.63, 3.8) is 0 Å². The molecule has 1 atom stereocenters. The van der Waals surface area contributed by atoms with E-state index in [1.807, 2.05) is 12.0 Å². The summed E-state index contributed by atoms with van der Waals surface area (Å²) in [6.07, 6.45) is 0.163. The smallest absolute Gasteiger partial charge is 0.111 e. The van der Waals surface area contributed by atoms with E-state index in [9.17, 15) is 0 Å². The summed E-state index contributed by atoms with van der Waals surface area (Å²) in [5, 5.41) is 8.12. The first-order chi connectivity index (χ1) is 8.90. The van der Waals surface area contributed by atoms with Crippen LogP contribution in [0.1, 0.15) is 18.7 Å². The van der Waals surface area contributed by atoms with E-state index in [0.29, 0.717) is 6.61 Å². The Morgan fingerprint density at radius 3 is 2.94 bits per heavy atom. The summed E-state index contributed by atoms with van der Waals surface area (Å²) < 4.78 is 0. The molecule has 1 saturated heterocycles. The Morgan fingerprint density at radius 1 is 1.22 bits per heavy atom. The largest absolute Gasteiger partial charge is 0.297 e. The van der Waals surface area contributed by atoms with Gasteiger partial charge in [-0.05, 0) is 23.3 Å². The van der Waals surface area contributed by atoms with Gasteiger partial charge < -0.3 is 0 Å². The number of nitrogens with one attached hydrogen (secondary N) is 1. The van der Waals surface area contributed by atoms with Crippen LogP contribution >= 0.6 is 0 Å². The molecule has 2 aromatic carbocycles. The summed E-state index contributed by atoms with van der Waals surface area (Å²) in [4.78, 5) is 5.69. The van der Waals surface area contributed by atoms with Gasteiger partial charge in [0.05, 0.1) is 6.61 Å². The second-order valence-corrected chi connectivity index (χ2v) is 4.48. The maximum absolute atomic E-state index is 5.69. The molecule has 3 nitrogen and oxygen atoms in total. The number of rotatable bonds is 3. The molecule has 1 heterocycles. The van der Waals surface area contributed by atoms with Crippen molar-refractivity contribution in [1.29, 1.82) is 0 Å². The van der Waals surface area contributed by atoms with Crippen molar-refractivity contribution in [3.8, 4) is 0 Å². The molecule has 18 heavy (non-hydrogen) atoms. The highest BCUT2D eigenvalue weighted by Crippen LogP contribution is 2.28. The van der Waals surface area contributed by atoms with Gasteiger partial charge in [-0.1, -0.05) is 42.5 Å². The van der Waals surface area contributed by atoms with Gasteiger partial charge >= 0.3 is 0 Å². The van der Waals surface area contributed by atoms with Crippen LogP contribution < -0.4 is 5.32 Å². The SMILES string of the molecule is CCON1CCNC1c1cccc2ccccc12. The molecular formula is C15H18N2O. The van der Waals surface area contributed by atoms with Crippen LogP contribution in [-0.2, 0) is 4.84 Å². The van der Waals surface area contributed by atoms with E-state index < -0.39 is 0 Å². The second-order valence-electron chi connectivity index (χ2n) is 4.48. The lowest BCUT2D eigenvalue weighted by atomic mass is 10.0. The van der Waals surface area contributed by atoms with Crippen molar-refractivity contribution in [2.24, 2.45) is 0 Å². The molecule has 0 amide bonds. The van der Waals surface area contributed by atoms with E-state index in [1.54, 1.807) is 0 Å². The normalized spacial score (nSPS) is 20.6. The molecule has 1 aliphatic heterocycles. The highest BCUT2D eigenvalue weighted by atomic mass is 16.7. The highest BCUT2D eigenvalue weighted by molar-refractivity contribution is 5.86. The molecule has 0 bridgehead atoms. The first-order valence-electron chi connectivity index (χ1n) is 6.51. The lowest BCUT2D eigenvalue weighted by Crippen LogP contribution is -2.28. The first-order valence-corrected chi connectivity index (χ1v) is 6.51. The van der Waals surface area contributed by atoms with E-state index in [0.717, 1.165) is 13.1 Å². The van der Waals surface area contributed by atoms with Gasteiger partial charge in [0, 0.05) is 13.1 Å². The summed E-state index contributed by atoms with van der Waals surface area (Å²) in [7, 11) is 0. The Balaban J connectivity index is 2.03. The van der Waals surface area contributed by atoms with Crippen LogP contribution in [0.4, 0.5) is 0 Å². The minimum Gasteiger partial charge on any atom is -0.297 e. The molecule has 0 saturated carbocycles. The van der Waals surface area contributed by atoms with Crippen LogP contribution in [0.2, 0.25) is 0 Å². The van der Waals surface area contributed by atoms with Gasteiger partial charge in [-0.2, -0.15) is 5.06 Å². The molecule has 0 radical (unpaired) electrons. The second kappa shape index (κ2) is 5.06. The number of hydrogen-bond acceptors (Lipinski definition) is 3. The zero-order valence-corrected chi connectivity index (χ0v) is 10.6. The summed E-state index contributed by atoms with van der Waals surface area (Å²) in [5.41, 5.74) is 1.29. The maximum Gasteiger partial charge on any atom is 0.111 e. The van der Waals surface area contributed by atoms with E-state index in [4.69, 9.17) is 4.84 Å². The van der Waals surface area contributed by atoms with E-state index in [2.05, 4.69) is 47.8 Å². The van der Waals surface area contributed by atoms with Crippen LogP contribution in [0.25, 0.3) is 10.8 Å². The molecule has 2 aromatic rings. The molecule has 3 heteroatoms. The lowest BCUT2D eigenvalue weighted by Gasteiger charge is -2.24. The van der Waals surface area contributed by atoms with Gasteiger partial charge in [-0.25, -0.2) is 0 Å². The molecule has 94 valence electrons. The van der Waals surface area contributed by atoms with Crippen molar-refractivity contribution in [2.75, 3.05) is 19.7 Å². The van der Waals surface area contributed by atoms with Crippen molar-refractivity contribution in [2.45, 2.75) is 13.1 Å². The predicted molar refractivity (Wildman–Crippen MR) is 73.0 cm³/mol. The van der Waals surface area contributed by atoms with E-state index >= 15 is 0 Å². The Kier molecular flexibility index (Phi) is 3.28. The fraction of sp³-hybridized carbons (Fsp3) is 0.333.